The number of aromatic nitrogens is 2. The lowest BCUT2D eigenvalue weighted by atomic mass is 9.84. The van der Waals surface area contributed by atoms with E-state index in [1.165, 1.54) is 11.0 Å². The summed E-state index contributed by atoms with van der Waals surface area (Å²) in [6.07, 6.45) is 5.96. The van der Waals surface area contributed by atoms with Gasteiger partial charge in [-0.1, -0.05) is 24.4 Å². The molecule has 152 valence electrons. The molecule has 0 saturated heterocycles. The molecule has 4 rings (SSSR count). The first-order valence-corrected chi connectivity index (χ1v) is 9.65. The second kappa shape index (κ2) is 7.90. The minimum Gasteiger partial charge on any atom is -0.307 e. The number of carbonyl (C=O) groups is 2. The van der Waals surface area contributed by atoms with Crippen molar-refractivity contribution in [2.75, 3.05) is 11.9 Å². The molecule has 7 nitrogen and oxygen atoms in total. The quantitative estimate of drug-likeness (QED) is 0.741. The highest BCUT2D eigenvalue weighted by atomic mass is 35.5. The van der Waals surface area contributed by atoms with Gasteiger partial charge < -0.3 is 5.32 Å². The summed E-state index contributed by atoms with van der Waals surface area (Å²) in [5.41, 5.74) is -0.128. The van der Waals surface area contributed by atoms with E-state index in [4.69, 9.17) is 11.6 Å². The van der Waals surface area contributed by atoms with Crippen LogP contribution in [0.4, 0.5) is 14.6 Å². The van der Waals surface area contributed by atoms with E-state index < -0.39 is 17.5 Å². The van der Waals surface area contributed by atoms with E-state index >= 15 is 0 Å². The van der Waals surface area contributed by atoms with Crippen LogP contribution in [0.5, 0.6) is 0 Å². The predicted octanol–water partition coefficient (Wildman–Crippen LogP) is 3.64. The van der Waals surface area contributed by atoms with E-state index in [0.29, 0.717) is 18.5 Å². The van der Waals surface area contributed by atoms with E-state index in [-0.39, 0.29) is 34.0 Å². The van der Waals surface area contributed by atoms with E-state index in [1.54, 1.807) is 6.34 Å². The van der Waals surface area contributed by atoms with Crippen LogP contribution < -0.4 is 5.32 Å². The third-order valence-electron chi connectivity index (χ3n) is 5.26. The Bertz CT molecular complexity index is 993. The van der Waals surface area contributed by atoms with Gasteiger partial charge in [-0.05, 0) is 30.9 Å². The number of carbonyl (C=O) groups excluding carboxylic acids is 2. The Hall–Kier alpha value is -2.81. The minimum absolute atomic E-state index is 0.109. The number of hydrogen-bond donors (Lipinski definition) is 2. The molecule has 0 bridgehead atoms. The molecule has 1 aliphatic carbocycles. The molecule has 2 amide bonds. The number of amides is 2. The maximum atomic E-state index is 13.4. The topological polar surface area (TPSA) is 90.4 Å². The van der Waals surface area contributed by atoms with Gasteiger partial charge in [-0.2, -0.15) is 5.10 Å². The van der Waals surface area contributed by atoms with Crippen molar-refractivity contribution in [1.29, 1.82) is 0 Å². The lowest BCUT2D eigenvalue weighted by molar-refractivity contribution is 0.0801. The zero-order valence-corrected chi connectivity index (χ0v) is 16.0. The molecule has 2 N–H and O–H groups in total. The Balaban J connectivity index is 1.45. The maximum Gasteiger partial charge on any atom is 0.279 e. The smallest absolute Gasteiger partial charge is 0.279 e. The van der Waals surface area contributed by atoms with E-state index in [1.807, 2.05) is 0 Å². The standard InChI is InChI=1S/C19H18ClF2N5O2/c20-12-6-14(22)13(21)5-11(12)18(28)24-17-7-16(25-26-17)19(29)27-8-10-3-1-2-4-15(10)23-9-27/h5-7,9-10,15H,1-4,8H2,(H2,24,25,26,28). The van der Waals surface area contributed by atoms with Gasteiger partial charge in [-0.15, -0.1) is 0 Å². The van der Waals surface area contributed by atoms with Gasteiger partial charge >= 0.3 is 0 Å². The van der Waals surface area contributed by atoms with Crippen LogP contribution in [0, 0.1) is 17.6 Å². The number of aromatic amines is 1. The van der Waals surface area contributed by atoms with E-state index in [9.17, 15) is 18.4 Å². The van der Waals surface area contributed by atoms with Crippen molar-refractivity contribution >= 4 is 35.6 Å². The highest BCUT2D eigenvalue weighted by Crippen LogP contribution is 2.30. The second-order valence-corrected chi connectivity index (χ2v) is 7.61. The summed E-state index contributed by atoms with van der Waals surface area (Å²) < 4.78 is 26.6. The molecule has 29 heavy (non-hydrogen) atoms. The molecule has 10 heteroatoms. The lowest BCUT2D eigenvalue weighted by Gasteiger charge is -2.35. The number of H-pyrrole nitrogens is 1. The molecule has 2 aromatic rings. The van der Waals surface area contributed by atoms with Gasteiger partial charge in [0.2, 0.25) is 0 Å². The van der Waals surface area contributed by atoms with Crippen LogP contribution in [0.1, 0.15) is 46.5 Å². The zero-order chi connectivity index (χ0) is 20.5. The first-order chi connectivity index (χ1) is 13.9. The summed E-state index contributed by atoms with van der Waals surface area (Å²) in [7, 11) is 0. The van der Waals surface area contributed by atoms with Gasteiger partial charge in [0, 0.05) is 12.6 Å². The van der Waals surface area contributed by atoms with E-state index in [0.717, 1.165) is 31.7 Å². The number of nitrogens with one attached hydrogen (secondary N) is 2. The SMILES string of the molecule is O=C(Nc1cc(C(=O)N2C=NC3CCCCC3C2)n[nH]1)c1cc(F)c(F)cc1Cl. The number of aliphatic imine (C=N–C) groups is 1. The van der Waals surface area contributed by atoms with Gasteiger partial charge in [0.25, 0.3) is 11.8 Å². The van der Waals surface area contributed by atoms with Crippen LogP contribution in [0.25, 0.3) is 0 Å². The monoisotopic (exact) mass is 421 g/mol. The summed E-state index contributed by atoms with van der Waals surface area (Å²) in [4.78, 5) is 31.0. The van der Waals surface area contributed by atoms with Gasteiger partial charge in [0.05, 0.1) is 23.0 Å². The van der Waals surface area contributed by atoms with Crippen LogP contribution >= 0.6 is 11.6 Å². The number of nitrogens with zero attached hydrogens (tertiary/aromatic N) is 3. The third kappa shape index (κ3) is 4.00. The largest absolute Gasteiger partial charge is 0.307 e. The minimum atomic E-state index is -1.19. The van der Waals surface area contributed by atoms with Crippen LogP contribution in [0.2, 0.25) is 5.02 Å². The summed E-state index contributed by atoms with van der Waals surface area (Å²) in [5.74, 6) is -2.95. The highest BCUT2D eigenvalue weighted by molar-refractivity contribution is 6.34. The molecule has 1 saturated carbocycles. The number of halogens is 3. The normalized spacial score (nSPS) is 21.0. The number of benzene rings is 1. The average molecular weight is 422 g/mol. The number of hydrogen-bond acceptors (Lipinski definition) is 4. The maximum absolute atomic E-state index is 13.4. The predicted molar refractivity (Wildman–Crippen MR) is 103 cm³/mol. The van der Waals surface area contributed by atoms with Crippen molar-refractivity contribution in [2.45, 2.75) is 31.7 Å². The Morgan fingerprint density at radius 2 is 1.93 bits per heavy atom. The van der Waals surface area contributed by atoms with Gasteiger partial charge in [-0.3, -0.25) is 24.6 Å². The summed E-state index contributed by atoms with van der Waals surface area (Å²) in [5, 5.41) is 8.68. The average Bonchev–Trinajstić information content (AvgIpc) is 3.18. The second-order valence-electron chi connectivity index (χ2n) is 7.20. The van der Waals surface area contributed by atoms with E-state index in [2.05, 4.69) is 20.5 Å². The molecule has 1 aliphatic heterocycles. The fraction of sp³-hybridized carbons (Fsp3) is 0.368. The number of rotatable bonds is 3. The summed E-state index contributed by atoms with van der Waals surface area (Å²) in [6, 6.07) is 3.08. The lowest BCUT2D eigenvalue weighted by Crippen LogP contribution is -2.43. The Kier molecular flexibility index (Phi) is 5.31. The fourth-order valence-corrected chi connectivity index (χ4v) is 3.96. The molecule has 1 aromatic carbocycles. The first kappa shape index (κ1) is 19.5. The molecular formula is C19H18ClF2N5O2. The van der Waals surface area contributed by atoms with Crippen molar-refractivity contribution in [3.8, 4) is 0 Å². The number of anilines is 1. The summed E-state index contributed by atoms with van der Waals surface area (Å²) >= 11 is 5.81. The van der Waals surface area contributed by atoms with Crippen LogP contribution in [0.3, 0.4) is 0 Å². The molecule has 0 radical (unpaired) electrons. The molecule has 2 atom stereocenters. The fourth-order valence-electron chi connectivity index (χ4n) is 3.73. The van der Waals surface area contributed by atoms with Crippen molar-refractivity contribution in [2.24, 2.45) is 10.9 Å². The molecular weight excluding hydrogens is 404 g/mol. The van der Waals surface area contributed by atoms with Gasteiger partial charge in [-0.25, -0.2) is 8.78 Å². The molecule has 2 heterocycles. The molecule has 2 unspecified atom stereocenters. The Labute approximate surface area is 170 Å². The van der Waals surface area contributed by atoms with Gasteiger partial charge in [0.15, 0.2) is 17.3 Å². The summed E-state index contributed by atoms with van der Waals surface area (Å²) in [6.45, 7) is 0.589. The molecule has 1 fully saturated rings. The highest BCUT2D eigenvalue weighted by Gasteiger charge is 2.32. The van der Waals surface area contributed by atoms with Crippen molar-refractivity contribution < 1.29 is 18.4 Å². The van der Waals surface area contributed by atoms with Crippen molar-refractivity contribution in [3.63, 3.8) is 0 Å². The van der Waals surface area contributed by atoms with Crippen molar-refractivity contribution in [1.82, 2.24) is 15.1 Å². The van der Waals surface area contributed by atoms with Crippen LogP contribution in [-0.2, 0) is 0 Å². The zero-order valence-electron chi connectivity index (χ0n) is 15.3. The molecule has 0 spiro atoms. The van der Waals surface area contributed by atoms with Crippen LogP contribution in [0.15, 0.2) is 23.2 Å². The number of fused-ring (bicyclic) bond motifs is 1. The Morgan fingerprint density at radius 1 is 1.17 bits per heavy atom. The third-order valence-corrected chi connectivity index (χ3v) is 5.57. The molecule has 1 aromatic heterocycles. The van der Waals surface area contributed by atoms with Gasteiger partial charge in [0.1, 0.15) is 5.82 Å². The molecule has 2 aliphatic rings. The van der Waals surface area contributed by atoms with Crippen LogP contribution in [-0.4, -0.2) is 45.8 Å². The Morgan fingerprint density at radius 3 is 2.76 bits per heavy atom. The first-order valence-electron chi connectivity index (χ1n) is 9.28. The van der Waals surface area contributed by atoms with Crippen molar-refractivity contribution in [3.05, 3.63) is 46.1 Å².